The first kappa shape index (κ1) is 16.9. The van der Waals surface area contributed by atoms with Gasteiger partial charge in [-0.05, 0) is 0 Å². The van der Waals surface area contributed by atoms with Gasteiger partial charge < -0.3 is 16.2 Å². The summed E-state index contributed by atoms with van der Waals surface area (Å²) in [6.45, 7) is 0. The lowest BCUT2D eigenvalue weighted by atomic mass is 10.2. The molecule has 0 unspecified atom stereocenters. The number of aromatic nitrogens is 4. The minimum atomic E-state index is -1.06. The minimum Gasteiger partial charge on any atom is -0.397 e. The maximum absolute atomic E-state index is 13.7. The van der Waals surface area contributed by atoms with E-state index in [1.54, 1.807) is 0 Å². The molecular formula is C9H9Cl2FN6O3. The maximum Gasteiger partial charge on any atom is 0.411 e. The molecule has 0 aliphatic rings. The highest BCUT2D eigenvalue weighted by Gasteiger charge is 2.20. The van der Waals surface area contributed by atoms with E-state index in [1.165, 1.54) is 13.2 Å². The van der Waals surface area contributed by atoms with Crippen LogP contribution in [0.25, 0.3) is 11.4 Å². The summed E-state index contributed by atoms with van der Waals surface area (Å²) < 4.78 is 22.7. The molecule has 2 aromatic rings. The normalized spacial score (nSPS) is 9.71. The number of ether oxygens (including phenoxy) is 1. The van der Waals surface area contributed by atoms with Gasteiger partial charge in [0.2, 0.25) is 0 Å². The van der Waals surface area contributed by atoms with Crippen LogP contribution in [-0.2, 0) is 10.9 Å². The number of rotatable bonds is 2. The Morgan fingerprint density at radius 3 is 2.57 bits per heavy atom. The van der Waals surface area contributed by atoms with Crippen molar-refractivity contribution in [3.8, 4) is 17.3 Å². The molecule has 0 fully saturated rings. The van der Waals surface area contributed by atoms with Gasteiger partial charge >= 0.3 is 6.09 Å². The zero-order chi connectivity index (χ0) is 16.0. The van der Waals surface area contributed by atoms with Crippen molar-refractivity contribution in [2.75, 3.05) is 5.73 Å². The predicted molar refractivity (Wildman–Crippen MR) is 71.6 cm³/mol. The molecule has 0 aliphatic heterocycles. The summed E-state index contributed by atoms with van der Waals surface area (Å²) in [5, 5.41) is 7.27. The van der Waals surface area contributed by atoms with Crippen LogP contribution in [0.4, 0.5) is 14.9 Å². The number of aryl methyl sites for hydroxylation is 1. The van der Waals surface area contributed by atoms with Gasteiger partial charge in [-0.3, -0.25) is 0 Å². The Kier molecular flexibility index (Phi) is 6.09. The van der Waals surface area contributed by atoms with Gasteiger partial charge in [-0.15, -0.1) is 5.10 Å². The van der Waals surface area contributed by atoms with E-state index in [0.717, 1.165) is 10.7 Å². The third-order valence-electron chi connectivity index (χ3n) is 2.06. The monoisotopic (exact) mass is 338 g/mol. The van der Waals surface area contributed by atoms with Gasteiger partial charge in [0.25, 0.3) is 5.88 Å². The number of halogens is 3. The van der Waals surface area contributed by atoms with Crippen LogP contribution >= 0.6 is 23.7 Å². The Morgan fingerprint density at radius 1 is 1.43 bits per heavy atom. The smallest absolute Gasteiger partial charge is 0.397 e. The Bertz CT molecular complexity index is 638. The molecule has 114 valence electrons. The topological polar surface area (TPSA) is 131 Å². The number of amides is 1. The van der Waals surface area contributed by atoms with Crippen LogP contribution in [0.5, 0.6) is 5.88 Å². The molecule has 0 saturated carbocycles. The Morgan fingerprint density at radius 2 is 2.05 bits per heavy atom. The molecule has 0 atom stereocenters. The van der Waals surface area contributed by atoms with Crippen molar-refractivity contribution in [1.82, 2.24) is 20.0 Å². The zero-order valence-corrected chi connectivity index (χ0v) is 12.0. The molecule has 12 heteroatoms. The van der Waals surface area contributed by atoms with Gasteiger partial charge in [0.05, 0.1) is 35.6 Å². The number of nitrogens with zero attached hydrogens (tertiary/aromatic N) is 4. The number of nitrogens with two attached hydrogens (primary N) is 2. The molecule has 0 aliphatic carbocycles. The van der Waals surface area contributed by atoms with Crippen LogP contribution in [-0.4, -0.2) is 26.1 Å². The molecule has 0 saturated heterocycles. The van der Waals surface area contributed by atoms with Crippen LogP contribution in [0.3, 0.4) is 0 Å². The fourth-order valence-electron chi connectivity index (χ4n) is 1.33. The molecular weight excluding hydrogens is 330 g/mol. The third-order valence-corrected chi connectivity index (χ3v) is 2.06. The fourth-order valence-corrected chi connectivity index (χ4v) is 1.33. The number of carbonyl (C=O) groups excluding carboxylic acids is 1. The second-order valence-electron chi connectivity index (χ2n) is 3.45. The molecule has 2 heterocycles. The Labute approximate surface area is 127 Å². The lowest BCUT2D eigenvalue weighted by Gasteiger charge is -2.03. The van der Waals surface area contributed by atoms with E-state index < -0.39 is 11.9 Å². The third kappa shape index (κ3) is 4.41. The highest BCUT2D eigenvalue weighted by molar-refractivity contribution is 6.24. The summed E-state index contributed by atoms with van der Waals surface area (Å²) in [4.78, 5) is 14.5. The summed E-state index contributed by atoms with van der Waals surface area (Å²) >= 11 is 8.53. The van der Waals surface area contributed by atoms with Crippen molar-refractivity contribution in [2.45, 2.75) is 0 Å². The summed E-state index contributed by atoms with van der Waals surface area (Å²) in [7, 11) is 1.46. The molecule has 2 rings (SSSR count). The first-order chi connectivity index (χ1) is 9.90. The lowest BCUT2D eigenvalue weighted by Crippen LogP contribution is -2.18. The van der Waals surface area contributed by atoms with Gasteiger partial charge in [0, 0.05) is 13.1 Å². The summed E-state index contributed by atoms with van der Waals surface area (Å²) in [5.74, 6) is -0.802. The van der Waals surface area contributed by atoms with Gasteiger partial charge in [-0.2, -0.15) is 3.84 Å². The van der Waals surface area contributed by atoms with E-state index >= 15 is 0 Å². The van der Waals surface area contributed by atoms with Crippen LogP contribution in [0.15, 0.2) is 12.3 Å². The quantitative estimate of drug-likeness (QED) is 0.844. The highest BCUT2D eigenvalue weighted by Crippen LogP contribution is 2.28. The highest BCUT2D eigenvalue weighted by atomic mass is 35.6. The minimum absolute atomic E-state index is 0.0335. The van der Waals surface area contributed by atoms with Gasteiger partial charge in [-0.1, -0.05) is 5.21 Å². The van der Waals surface area contributed by atoms with Crippen molar-refractivity contribution in [3.05, 3.63) is 18.1 Å². The molecule has 0 bridgehead atoms. The van der Waals surface area contributed by atoms with E-state index in [9.17, 15) is 9.18 Å². The summed E-state index contributed by atoms with van der Waals surface area (Å²) in [6, 6.07) is 1.07. The van der Waals surface area contributed by atoms with Crippen LogP contribution < -0.4 is 16.2 Å². The van der Waals surface area contributed by atoms with E-state index in [0.29, 0.717) is 0 Å². The molecule has 21 heavy (non-hydrogen) atoms. The first-order valence-corrected chi connectivity index (χ1v) is 5.70. The van der Waals surface area contributed by atoms with Crippen LogP contribution in [0.2, 0.25) is 0 Å². The molecule has 4 N–H and O–H groups in total. The molecule has 1 amide bonds. The Balaban J connectivity index is 0.000000677. The number of pyridine rings is 1. The SMILES string of the molecule is ClOCl.Cn1nnc(-c2ncc(N)cc2F)c1OC(N)=O. The fraction of sp³-hybridized carbons (Fsp3) is 0.111. The van der Waals surface area contributed by atoms with Crippen molar-refractivity contribution in [2.24, 2.45) is 12.8 Å². The number of hydrogen-bond acceptors (Lipinski definition) is 7. The first-order valence-electron chi connectivity index (χ1n) is 5.08. The standard InChI is InChI=1S/C9H9FN6O2.Cl2O/c1-16-8(18-9(12)17)7(14-15-16)6-5(10)2-4(11)3-13-6;1-3-2/h2-3H,11H2,1H3,(H2,12,17);. The maximum atomic E-state index is 13.7. The zero-order valence-electron chi connectivity index (χ0n) is 10.5. The number of hydrogen-bond donors (Lipinski definition) is 2. The van der Waals surface area contributed by atoms with E-state index in [1.807, 2.05) is 0 Å². The van der Waals surface area contributed by atoms with Crippen LogP contribution in [0, 0.1) is 5.82 Å². The van der Waals surface area contributed by atoms with Crippen molar-refractivity contribution in [3.63, 3.8) is 0 Å². The van der Waals surface area contributed by atoms with Crippen molar-refractivity contribution >= 4 is 35.5 Å². The summed E-state index contributed by atoms with van der Waals surface area (Å²) in [6.07, 6.45) is 0.193. The van der Waals surface area contributed by atoms with Crippen molar-refractivity contribution in [1.29, 1.82) is 0 Å². The number of nitrogen functional groups attached to an aromatic ring is 1. The van der Waals surface area contributed by atoms with Crippen LogP contribution in [0.1, 0.15) is 0 Å². The molecule has 0 aromatic carbocycles. The summed E-state index contributed by atoms with van der Waals surface area (Å²) in [5.41, 5.74) is 10.3. The largest absolute Gasteiger partial charge is 0.411 e. The lowest BCUT2D eigenvalue weighted by molar-refractivity contribution is 0.207. The molecule has 0 radical (unpaired) electrons. The second-order valence-corrected chi connectivity index (χ2v) is 3.91. The molecule has 9 nitrogen and oxygen atoms in total. The predicted octanol–water partition coefficient (Wildman–Crippen LogP) is 1.37. The number of anilines is 1. The average Bonchev–Trinajstić information content (AvgIpc) is 2.72. The van der Waals surface area contributed by atoms with E-state index in [2.05, 4.69) is 42.9 Å². The van der Waals surface area contributed by atoms with E-state index in [4.69, 9.17) is 16.2 Å². The Hall–Kier alpha value is -2.17. The van der Waals surface area contributed by atoms with Gasteiger partial charge in [0.15, 0.2) is 11.5 Å². The molecule has 2 aromatic heterocycles. The van der Waals surface area contributed by atoms with E-state index in [-0.39, 0.29) is 23.0 Å². The number of primary amides is 1. The van der Waals surface area contributed by atoms with Gasteiger partial charge in [0.1, 0.15) is 5.69 Å². The second kappa shape index (κ2) is 7.57. The molecule has 0 spiro atoms. The average molecular weight is 339 g/mol. The van der Waals surface area contributed by atoms with Gasteiger partial charge in [-0.25, -0.2) is 18.9 Å². The number of carbonyl (C=O) groups is 1. The van der Waals surface area contributed by atoms with Crippen molar-refractivity contribution < 1.29 is 17.8 Å².